The third-order valence-corrected chi connectivity index (χ3v) is 4.88. The molecule has 6 heteroatoms. The zero-order chi connectivity index (χ0) is 17.2. The zero-order valence-electron chi connectivity index (χ0n) is 15.1. The maximum absolute atomic E-state index is 12.1. The summed E-state index contributed by atoms with van der Waals surface area (Å²) in [6.07, 6.45) is 8.39. The highest BCUT2D eigenvalue weighted by atomic mass is 16.6. The molecule has 0 bridgehead atoms. The Bertz CT molecular complexity index is 550. The van der Waals surface area contributed by atoms with E-state index in [1.54, 1.807) is 0 Å². The monoisotopic (exact) mass is 334 g/mol. The lowest BCUT2D eigenvalue weighted by molar-refractivity contribution is 0.0185. The zero-order valence-corrected chi connectivity index (χ0v) is 15.1. The van der Waals surface area contributed by atoms with Gasteiger partial charge in [0.25, 0.3) is 0 Å². The number of aromatic nitrogens is 2. The Kier molecular flexibility index (Phi) is 5.13. The molecule has 0 saturated carbocycles. The highest BCUT2D eigenvalue weighted by Crippen LogP contribution is 2.27. The molecular weight excluding hydrogens is 304 g/mol. The molecule has 1 N–H and O–H groups in total. The van der Waals surface area contributed by atoms with Gasteiger partial charge in [0.15, 0.2) is 0 Å². The lowest BCUT2D eigenvalue weighted by atomic mass is 9.94. The van der Waals surface area contributed by atoms with Gasteiger partial charge >= 0.3 is 6.09 Å². The standard InChI is InChI=1S/C18H30N4O2/c1-18(2,3)24-17(23)21-9-6-16(7-10-21)22-13-15(12-20-22)14-5-4-8-19-11-14/h12-14,16,19H,4-11H2,1-3H3. The van der Waals surface area contributed by atoms with E-state index < -0.39 is 5.60 Å². The van der Waals surface area contributed by atoms with E-state index in [-0.39, 0.29) is 6.09 Å². The van der Waals surface area contributed by atoms with Crippen LogP contribution < -0.4 is 5.32 Å². The molecule has 1 atom stereocenters. The molecule has 0 aromatic carbocycles. The fourth-order valence-electron chi connectivity index (χ4n) is 3.54. The summed E-state index contributed by atoms with van der Waals surface area (Å²) >= 11 is 0. The van der Waals surface area contributed by atoms with Crippen LogP contribution in [0.1, 0.15) is 64.0 Å². The Balaban J connectivity index is 1.53. The van der Waals surface area contributed by atoms with Gasteiger partial charge in [-0.05, 0) is 64.5 Å². The second-order valence-corrected chi connectivity index (χ2v) is 8.00. The Morgan fingerprint density at radius 1 is 1.29 bits per heavy atom. The van der Waals surface area contributed by atoms with Crippen molar-refractivity contribution in [2.24, 2.45) is 0 Å². The van der Waals surface area contributed by atoms with Crippen LogP contribution in [0, 0.1) is 0 Å². The van der Waals surface area contributed by atoms with Crippen molar-refractivity contribution in [2.45, 2.75) is 64.0 Å². The summed E-state index contributed by atoms with van der Waals surface area (Å²) in [7, 11) is 0. The van der Waals surface area contributed by atoms with Crippen molar-refractivity contribution in [3.63, 3.8) is 0 Å². The summed E-state index contributed by atoms with van der Waals surface area (Å²) in [6.45, 7) is 9.38. The van der Waals surface area contributed by atoms with Crippen molar-refractivity contribution >= 4 is 6.09 Å². The van der Waals surface area contributed by atoms with Gasteiger partial charge in [-0.15, -0.1) is 0 Å². The average molecular weight is 334 g/mol. The molecule has 3 heterocycles. The molecule has 1 amide bonds. The SMILES string of the molecule is CC(C)(C)OC(=O)N1CCC(n2cc(C3CCCNC3)cn2)CC1. The third kappa shape index (κ3) is 4.29. The van der Waals surface area contributed by atoms with Crippen LogP contribution in [0.5, 0.6) is 0 Å². The molecule has 1 aromatic rings. The number of likely N-dealkylation sites (tertiary alicyclic amines) is 1. The number of ether oxygens (including phenoxy) is 1. The molecule has 6 nitrogen and oxygen atoms in total. The van der Waals surface area contributed by atoms with Crippen molar-refractivity contribution in [1.82, 2.24) is 20.0 Å². The van der Waals surface area contributed by atoms with Crippen LogP contribution >= 0.6 is 0 Å². The largest absolute Gasteiger partial charge is 0.444 e. The third-order valence-electron chi connectivity index (χ3n) is 4.88. The fourth-order valence-corrected chi connectivity index (χ4v) is 3.54. The summed E-state index contributed by atoms with van der Waals surface area (Å²) in [5.74, 6) is 0.592. The van der Waals surface area contributed by atoms with Gasteiger partial charge in [0.2, 0.25) is 0 Å². The van der Waals surface area contributed by atoms with Gasteiger partial charge < -0.3 is 15.0 Å². The Morgan fingerprint density at radius 2 is 2.04 bits per heavy atom. The number of hydrogen-bond donors (Lipinski definition) is 1. The van der Waals surface area contributed by atoms with E-state index in [0.29, 0.717) is 12.0 Å². The van der Waals surface area contributed by atoms with Crippen molar-refractivity contribution in [1.29, 1.82) is 0 Å². The van der Waals surface area contributed by atoms with Crippen LogP contribution in [0.2, 0.25) is 0 Å². The van der Waals surface area contributed by atoms with E-state index in [0.717, 1.165) is 39.0 Å². The number of carbonyl (C=O) groups is 1. The van der Waals surface area contributed by atoms with E-state index in [1.807, 2.05) is 31.9 Å². The second-order valence-electron chi connectivity index (χ2n) is 8.00. The van der Waals surface area contributed by atoms with Gasteiger partial charge in [-0.1, -0.05) is 0 Å². The number of amides is 1. The van der Waals surface area contributed by atoms with Crippen LogP contribution in [-0.2, 0) is 4.74 Å². The van der Waals surface area contributed by atoms with E-state index in [2.05, 4.69) is 21.3 Å². The van der Waals surface area contributed by atoms with E-state index in [1.165, 1.54) is 18.4 Å². The van der Waals surface area contributed by atoms with Crippen molar-refractivity contribution in [3.8, 4) is 0 Å². The van der Waals surface area contributed by atoms with E-state index in [9.17, 15) is 4.79 Å². The van der Waals surface area contributed by atoms with Crippen molar-refractivity contribution in [3.05, 3.63) is 18.0 Å². The molecule has 1 aromatic heterocycles. The summed E-state index contributed by atoms with van der Waals surface area (Å²) in [6, 6.07) is 0.383. The molecule has 2 aliphatic rings. The highest BCUT2D eigenvalue weighted by molar-refractivity contribution is 5.68. The van der Waals surface area contributed by atoms with Crippen LogP contribution in [0.25, 0.3) is 0 Å². The van der Waals surface area contributed by atoms with Gasteiger partial charge in [-0.3, -0.25) is 4.68 Å². The lowest BCUT2D eigenvalue weighted by Gasteiger charge is -2.33. The van der Waals surface area contributed by atoms with Gasteiger partial charge in [0, 0.05) is 25.8 Å². The summed E-state index contributed by atoms with van der Waals surface area (Å²) in [5, 5.41) is 8.06. The second kappa shape index (κ2) is 7.13. The molecule has 2 saturated heterocycles. The number of nitrogens with one attached hydrogen (secondary N) is 1. The lowest BCUT2D eigenvalue weighted by Crippen LogP contribution is -2.42. The molecule has 0 aliphatic carbocycles. The first-order chi connectivity index (χ1) is 11.4. The van der Waals surface area contributed by atoms with Gasteiger partial charge in [-0.2, -0.15) is 5.10 Å². The first-order valence-corrected chi connectivity index (χ1v) is 9.15. The number of rotatable bonds is 2. The first-order valence-electron chi connectivity index (χ1n) is 9.15. The van der Waals surface area contributed by atoms with Crippen LogP contribution in [0.15, 0.2) is 12.4 Å². The molecule has 0 spiro atoms. The minimum Gasteiger partial charge on any atom is -0.444 e. The molecule has 134 valence electrons. The molecule has 24 heavy (non-hydrogen) atoms. The van der Waals surface area contributed by atoms with Crippen molar-refractivity contribution in [2.75, 3.05) is 26.2 Å². The Labute approximate surface area is 144 Å². The number of nitrogens with zero attached hydrogens (tertiary/aromatic N) is 3. The molecular formula is C18H30N4O2. The number of carbonyl (C=O) groups excluding carboxylic acids is 1. The Hall–Kier alpha value is -1.56. The van der Waals surface area contributed by atoms with Crippen LogP contribution in [0.4, 0.5) is 4.79 Å². The van der Waals surface area contributed by atoms with Crippen molar-refractivity contribution < 1.29 is 9.53 Å². The number of hydrogen-bond acceptors (Lipinski definition) is 4. The smallest absolute Gasteiger partial charge is 0.410 e. The van der Waals surface area contributed by atoms with Gasteiger partial charge in [-0.25, -0.2) is 4.79 Å². The normalized spacial score (nSPS) is 23.3. The summed E-state index contributed by atoms with van der Waals surface area (Å²) < 4.78 is 7.57. The molecule has 3 rings (SSSR count). The van der Waals surface area contributed by atoms with Crippen LogP contribution in [0.3, 0.4) is 0 Å². The summed E-state index contributed by atoms with van der Waals surface area (Å²) in [5.41, 5.74) is 0.913. The van der Waals surface area contributed by atoms with Crippen LogP contribution in [-0.4, -0.2) is 52.6 Å². The average Bonchev–Trinajstić information content (AvgIpc) is 3.04. The number of piperidine rings is 2. The highest BCUT2D eigenvalue weighted by Gasteiger charge is 2.28. The first kappa shape index (κ1) is 17.3. The molecule has 2 fully saturated rings. The molecule has 1 unspecified atom stereocenters. The predicted octanol–water partition coefficient (Wildman–Crippen LogP) is 2.92. The Morgan fingerprint density at radius 3 is 2.67 bits per heavy atom. The maximum atomic E-state index is 12.1. The summed E-state index contributed by atoms with van der Waals surface area (Å²) in [4.78, 5) is 14.0. The van der Waals surface area contributed by atoms with Gasteiger partial charge in [0.1, 0.15) is 5.60 Å². The minimum absolute atomic E-state index is 0.199. The van der Waals surface area contributed by atoms with E-state index >= 15 is 0 Å². The fraction of sp³-hybridized carbons (Fsp3) is 0.778. The maximum Gasteiger partial charge on any atom is 0.410 e. The minimum atomic E-state index is -0.432. The molecule has 2 aliphatic heterocycles. The van der Waals surface area contributed by atoms with Gasteiger partial charge in [0.05, 0.1) is 12.2 Å². The molecule has 0 radical (unpaired) electrons. The predicted molar refractivity (Wildman–Crippen MR) is 93.1 cm³/mol. The quantitative estimate of drug-likeness (QED) is 0.903. The van der Waals surface area contributed by atoms with E-state index in [4.69, 9.17) is 4.74 Å². The topological polar surface area (TPSA) is 59.4 Å².